The van der Waals surface area contributed by atoms with Crippen molar-refractivity contribution in [3.05, 3.63) is 11.9 Å². The van der Waals surface area contributed by atoms with Gasteiger partial charge in [0.1, 0.15) is 0 Å². The molecule has 5 heteroatoms. The van der Waals surface area contributed by atoms with E-state index in [9.17, 15) is 0 Å². The molecule has 2 rings (SSSR count). The van der Waals surface area contributed by atoms with Crippen LogP contribution in [0.4, 0.5) is 0 Å². The maximum absolute atomic E-state index is 5.74. The van der Waals surface area contributed by atoms with E-state index in [1.165, 1.54) is 0 Å². The van der Waals surface area contributed by atoms with E-state index in [1.54, 1.807) is 0 Å². The molecule has 2 heterocycles. The minimum Gasteiger partial charge on any atom is -0.373 e. The van der Waals surface area contributed by atoms with Gasteiger partial charge >= 0.3 is 0 Å². The third kappa shape index (κ3) is 3.01. The predicted molar refractivity (Wildman–Crippen MR) is 61.1 cm³/mol. The van der Waals surface area contributed by atoms with Crippen molar-refractivity contribution >= 4 is 15.9 Å². The van der Waals surface area contributed by atoms with Crippen LogP contribution in [-0.4, -0.2) is 32.5 Å². The zero-order chi connectivity index (χ0) is 10.7. The Kier molecular flexibility index (Phi) is 3.75. The largest absolute Gasteiger partial charge is 0.373 e. The standard InChI is InChI=1S/C10H16BrN3O/c1-8-2-3-10(15-8)7-14-6-9(4-5-11)12-13-14/h6,8,10H,2-5,7H2,1H3. The topological polar surface area (TPSA) is 39.9 Å². The van der Waals surface area contributed by atoms with Gasteiger partial charge < -0.3 is 4.74 Å². The van der Waals surface area contributed by atoms with Crippen LogP contribution in [0, 0.1) is 0 Å². The van der Waals surface area contributed by atoms with Crippen LogP contribution in [-0.2, 0) is 17.7 Å². The highest BCUT2D eigenvalue weighted by Crippen LogP contribution is 2.20. The van der Waals surface area contributed by atoms with Crippen LogP contribution in [0.25, 0.3) is 0 Å². The van der Waals surface area contributed by atoms with Crippen LogP contribution in [0.1, 0.15) is 25.5 Å². The van der Waals surface area contributed by atoms with Gasteiger partial charge in [0, 0.05) is 17.9 Å². The van der Waals surface area contributed by atoms with Crippen molar-refractivity contribution < 1.29 is 4.74 Å². The predicted octanol–water partition coefficient (Wildman–Crippen LogP) is 1.78. The van der Waals surface area contributed by atoms with Crippen LogP contribution < -0.4 is 0 Å². The molecule has 0 aromatic carbocycles. The van der Waals surface area contributed by atoms with Gasteiger partial charge in [0.15, 0.2) is 0 Å². The van der Waals surface area contributed by atoms with Crippen LogP contribution in [0.2, 0.25) is 0 Å². The number of rotatable bonds is 4. The molecule has 2 unspecified atom stereocenters. The molecular weight excluding hydrogens is 258 g/mol. The van der Waals surface area contributed by atoms with E-state index in [0.717, 1.165) is 36.8 Å². The molecular formula is C10H16BrN3O. The molecule has 1 aromatic heterocycles. The van der Waals surface area contributed by atoms with Gasteiger partial charge in [-0.2, -0.15) is 0 Å². The van der Waals surface area contributed by atoms with Gasteiger partial charge in [-0.3, -0.25) is 0 Å². The van der Waals surface area contributed by atoms with E-state index >= 15 is 0 Å². The highest BCUT2D eigenvalue weighted by atomic mass is 79.9. The van der Waals surface area contributed by atoms with Crippen molar-refractivity contribution in [3.63, 3.8) is 0 Å². The maximum atomic E-state index is 5.74. The van der Waals surface area contributed by atoms with Crippen molar-refractivity contribution in [2.24, 2.45) is 0 Å². The number of alkyl halides is 1. The Morgan fingerprint density at radius 1 is 1.60 bits per heavy atom. The summed E-state index contributed by atoms with van der Waals surface area (Å²) in [4.78, 5) is 0. The molecule has 0 aliphatic carbocycles. The first-order valence-electron chi connectivity index (χ1n) is 5.38. The molecule has 1 aliphatic rings. The van der Waals surface area contributed by atoms with Crippen molar-refractivity contribution in [2.75, 3.05) is 5.33 Å². The lowest BCUT2D eigenvalue weighted by Crippen LogP contribution is -2.16. The Balaban J connectivity index is 1.87. The quantitative estimate of drug-likeness (QED) is 0.786. The highest BCUT2D eigenvalue weighted by molar-refractivity contribution is 9.09. The first-order chi connectivity index (χ1) is 7.28. The van der Waals surface area contributed by atoms with Crippen molar-refractivity contribution in [3.8, 4) is 0 Å². The molecule has 0 amide bonds. The molecule has 1 saturated heterocycles. The van der Waals surface area contributed by atoms with Gasteiger partial charge in [-0.25, -0.2) is 4.68 Å². The lowest BCUT2D eigenvalue weighted by atomic mass is 10.2. The average molecular weight is 274 g/mol. The van der Waals surface area contributed by atoms with E-state index in [4.69, 9.17) is 4.74 Å². The molecule has 0 radical (unpaired) electrons. The zero-order valence-electron chi connectivity index (χ0n) is 8.90. The zero-order valence-corrected chi connectivity index (χ0v) is 10.5. The second kappa shape index (κ2) is 5.07. The maximum Gasteiger partial charge on any atom is 0.0835 e. The van der Waals surface area contributed by atoms with Gasteiger partial charge in [-0.1, -0.05) is 21.1 Å². The van der Waals surface area contributed by atoms with Gasteiger partial charge in [0.2, 0.25) is 0 Å². The number of aryl methyl sites for hydroxylation is 1. The summed E-state index contributed by atoms with van der Waals surface area (Å²) >= 11 is 3.39. The first kappa shape index (κ1) is 11.1. The lowest BCUT2D eigenvalue weighted by Gasteiger charge is -2.09. The molecule has 84 valence electrons. The number of halogens is 1. The van der Waals surface area contributed by atoms with E-state index < -0.39 is 0 Å². The van der Waals surface area contributed by atoms with Crippen LogP contribution in [0.15, 0.2) is 6.20 Å². The fourth-order valence-corrected chi connectivity index (χ4v) is 2.27. The summed E-state index contributed by atoms with van der Waals surface area (Å²) in [5.41, 5.74) is 1.04. The second-order valence-corrected chi connectivity index (χ2v) is 4.81. The SMILES string of the molecule is CC1CCC(Cn2cc(CCBr)nn2)O1. The Bertz CT molecular complexity index is 315. The van der Waals surface area contributed by atoms with E-state index in [0.29, 0.717) is 12.2 Å². The van der Waals surface area contributed by atoms with Gasteiger partial charge in [0.05, 0.1) is 24.4 Å². The summed E-state index contributed by atoms with van der Waals surface area (Å²) in [6, 6.07) is 0. The van der Waals surface area contributed by atoms with Crippen LogP contribution in [0.3, 0.4) is 0 Å². The summed E-state index contributed by atoms with van der Waals surface area (Å²) in [6.45, 7) is 2.96. The Morgan fingerprint density at radius 2 is 2.47 bits per heavy atom. The van der Waals surface area contributed by atoms with Crippen molar-refractivity contribution in [1.29, 1.82) is 0 Å². The Morgan fingerprint density at radius 3 is 3.13 bits per heavy atom. The molecule has 1 aliphatic heterocycles. The number of aromatic nitrogens is 3. The van der Waals surface area contributed by atoms with Gasteiger partial charge in [0.25, 0.3) is 0 Å². The van der Waals surface area contributed by atoms with Crippen molar-refractivity contribution in [1.82, 2.24) is 15.0 Å². The van der Waals surface area contributed by atoms with E-state index in [-0.39, 0.29) is 0 Å². The minimum absolute atomic E-state index is 0.318. The molecule has 15 heavy (non-hydrogen) atoms. The third-order valence-electron chi connectivity index (χ3n) is 2.65. The van der Waals surface area contributed by atoms with Crippen molar-refractivity contribution in [2.45, 2.75) is 44.9 Å². The summed E-state index contributed by atoms with van der Waals surface area (Å²) < 4.78 is 7.63. The molecule has 1 fully saturated rings. The Labute approximate surface area is 98.1 Å². The number of hydrogen-bond acceptors (Lipinski definition) is 3. The number of ether oxygens (including phenoxy) is 1. The molecule has 1 aromatic rings. The summed E-state index contributed by atoms with van der Waals surface area (Å²) in [5, 5.41) is 9.12. The third-order valence-corrected chi connectivity index (χ3v) is 3.04. The lowest BCUT2D eigenvalue weighted by molar-refractivity contribution is 0.0434. The molecule has 0 spiro atoms. The summed E-state index contributed by atoms with van der Waals surface area (Å²) in [6.07, 6.45) is 5.96. The number of nitrogens with zero attached hydrogens (tertiary/aromatic N) is 3. The average Bonchev–Trinajstić information content (AvgIpc) is 2.78. The number of hydrogen-bond donors (Lipinski definition) is 0. The molecule has 0 bridgehead atoms. The fraction of sp³-hybridized carbons (Fsp3) is 0.800. The van der Waals surface area contributed by atoms with Gasteiger partial charge in [-0.15, -0.1) is 5.10 Å². The fourth-order valence-electron chi connectivity index (χ4n) is 1.87. The van der Waals surface area contributed by atoms with Crippen LogP contribution >= 0.6 is 15.9 Å². The smallest absolute Gasteiger partial charge is 0.0835 e. The molecule has 0 saturated carbocycles. The Hall–Kier alpha value is -0.420. The molecule has 4 nitrogen and oxygen atoms in total. The van der Waals surface area contributed by atoms with Gasteiger partial charge in [-0.05, 0) is 19.8 Å². The summed E-state index contributed by atoms with van der Waals surface area (Å²) in [5.74, 6) is 0. The monoisotopic (exact) mass is 273 g/mol. The van der Waals surface area contributed by atoms with Crippen LogP contribution in [0.5, 0.6) is 0 Å². The van der Waals surface area contributed by atoms with E-state index in [1.807, 2.05) is 10.9 Å². The van der Waals surface area contributed by atoms with E-state index in [2.05, 4.69) is 33.2 Å². The molecule has 0 N–H and O–H groups in total. The summed E-state index contributed by atoms with van der Waals surface area (Å²) in [7, 11) is 0. The highest BCUT2D eigenvalue weighted by Gasteiger charge is 2.22. The minimum atomic E-state index is 0.318. The normalized spacial score (nSPS) is 26.0. The molecule has 2 atom stereocenters. The second-order valence-electron chi connectivity index (χ2n) is 4.02. The first-order valence-corrected chi connectivity index (χ1v) is 6.50.